The van der Waals surface area contributed by atoms with Gasteiger partial charge in [0, 0.05) is 35.1 Å². The van der Waals surface area contributed by atoms with E-state index in [2.05, 4.69) is 31.2 Å². The summed E-state index contributed by atoms with van der Waals surface area (Å²) in [5.41, 5.74) is 5.63. The molecule has 0 radical (unpaired) electrons. The van der Waals surface area contributed by atoms with Gasteiger partial charge in [0.15, 0.2) is 0 Å². The van der Waals surface area contributed by atoms with Gasteiger partial charge in [-0.1, -0.05) is 18.2 Å². The number of aromatic amines is 2. The fourth-order valence-corrected chi connectivity index (χ4v) is 3.80. The van der Waals surface area contributed by atoms with Crippen LogP contribution in [0.4, 0.5) is 0 Å². The van der Waals surface area contributed by atoms with E-state index in [4.69, 9.17) is 9.47 Å². The lowest BCUT2D eigenvalue weighted by Crippen LogP contribution is -2.14. The van der Waals surface area contributed by atoms with E-state index in [1.165, 1.54) is 0 Å². The Morgan fingerprint density at radius 1 is 1.06 bits per heavy atom. The van der Waals surface area contributed by atoms with Crippen molar-refractivity contribution in [2.24, 2.45) is 0 Å². The lowest BCUT2D eigenvalue weighted by Gasteiger charge is -2.20. The first-order chi connectivity index (χ1) is 16.8. The first-order valence-corrected chi connectivity index (χ1v) is 11.1. The fraction of sp³-hybridized carbons (Fsp3) is 0.148. The maximum atomic E-state index is 5.98. The van der Waals surface area contributed by atoms with Crippen LogP contribution in [-0.2, 0) is 16.1 Å². The van der Waals surface area contributed by atoms with Gasteiger partial charge in [-0.25, -0.2) is 4.98 Å². The summed E-state index contributed by atoms with van der Waals surface area (Å²) in [5, 5.41) is 8.54. The Morgan fingerprint density at radius 2 is 2.00 bits per heavy atom. The van der Waals surface area contributed by atoms with Crippen molar-refractivity contribution >= 4 is 29.3 Å². The maximum absolute atomic E-state index is 5.98. The lowest BCUT2D eigenvalue weighted by atomic mass is 10.0. The smallest absolute Gasteiger partial charge is 0.137 e. The number of ether oxygens (including phenoxy) is 2. The molecule has 4 heterocycles. The van der Waals surface area contributed by atoms with Gasteiger partial charge in [-0.15, -0.1) is 0 Å². The summed E-state index contributed by atoms with van der Waals surface area (Å²) >= 11 is 0. The van der Waals surface area contributed by atoms with Crippen molar-refractivity contribution in [1.29, 1.82) is 0 Å². The van der Waals surface area contributed by atoms with Crippen LogP contribution in [0.3, 0.4) is 0 Å². The molecule has 1 unspecified atom stereocenters. The number of allylic oxidation sites excluding steroid dienone is 1. The summed E-state index contributed by atoms with van der Waals surface area (Å²) in [6.45, 7) is 0.469. The van der Waals surface area contributed by atoms with E-state index in [0.717, 1.165) is 51.4 Å². The van der Waals surface area contributed by atoms with Gasteiger partial charge in [-0.05, 0) is 61.1 Å². The van der Waals surface area contributed by atoms with Crippen molar-refractivity contribution in [3.8, 4) is 0 Å². The molecule has 0 spiro atoms. The third kappa shape index (κ3) is 5.05. The van der Waals surface area contributed by atoms with Gasteiger partial charge < -0.3 is 14.5 Å². The molecule has 1 aliphatic carbocycles. The Balaban J connectivity index is 1.21. The number of H-pyrrole nitrogens is 2. The number of hydrogen-bond acceptors (Lipinski definition) is 5. The van der Waals surface area contributed by atoms with Crippen LogP contribution in [-0.4, -0.2) is 38.4 Å². The average Bonchev–Trinajstić information content (AvgIpc) is 3.52. The molecule has 1 aliphatic rings. The van der Waals surface area contributed by atoms with Crippen molar-refractivity contribution in [2.75, 3.05) is 7.11 Å². The molecule has 0 saturated carbocycles. The summed E-state index contributed by atoms with van der Waals surface area (Å²) in [6, 6.07) is 11.8. The molecule has 170 valence electrons. The first kappa shape index (κ1) is 21.6. The summed E-state index contributed by atoms with van der Waals surface area (Å²) < 4.78 is 11.6. The Bertz CT molecular complexity index is 1380. The number of hydrogen-bond donors (Lipinski definition) is 2. The molecule has 7 heteroatoms. The van der Waals surface area contributed by atoms with Crippen LogP contribution in [0.15, 0.2) is 84.5 Å². The van der Waals surface area contributed by atoms with Gasteiger partial charge >= 0.3 is 0 Å². The number of aromatic nitrogens is 5. The van der Waals surface area contributed by atoms with Gasteiger partial charge in [0.1, 0.15) is 11.4 Å². The molecule has 0 bridgehead atoms. The van der Waals surface area contributed by atoms with Crippen molar-refractivity contribution in [2.45, 2.75) is 19.1 Å². The highest BCUT2D eigenvalue weighted by molar-refractivity contribution is 5.89. The van der Waals surface area contributed by atoms with Crippen molar-refractivity contribution in [1.82, 2.24) is 25.1 Å². The largest absolute Gasteiger partial charge is 0.496 e. The summed E-state index contributed by atoms with van der Waals surface area (Å²) in [4.78, 5) is 11.8. The van der Waals surface area contributed by atoms with E-state index < -0.39 is 0 Å². The third-order valence-electron chi connectivity index (χ3n) is 5.56. The molecule has 0 aromatic carbocycles. The lowest BCUT2D eigenvalue weighted by molar-refractivity contribution is 0.0674. The van der Waals surface area contributed by atoms with Crippen LogP contribution in [0.2, 0.25) is 0 Å². The molecule has 2 N–H and O–H groups in total. The first-order valence-electron chi connectivity index (χ1n) is 11.1. The van der Waals surface area contributed by atoms with Crippen molar-refractivity contribution in [3.05, 3.63) is 107 Å². The minimum Gasteiger partial charge on any atom is -0.496 e. The number of nitrogens with one attached hydrogen (secondary N) is 2. The van der Waals surface area contributed by atoms with Gasteiger partial charge in [0.05, 0.1) is 36.9 Å². The fourth-order valence-electron chi connectivity index (χ4n) is 3.80. The van der Waals surface area contributed by atoms with E-state index in [1.807, 2.05) is 73.0 Å². The second kappa shape index (κ2) is 10.1. The predicted molar refractivity (Wildman–Crippen MR) is 133 cm³/mol. The number of pyridine rings is 2. The Morgan fingerprint density at radius 3 is 2.88 bits per heavy atom. The van der Waals surface area contributed by atoms with E-state index in [0.29, 0.717) is 6.61 Å². The average molecular weight is 452 g/mol. The second-order valence-electron chi connectivity index (χ2n) is 7.86. The van der Waals surface area contributed by atoms with Crippen molar-refractivity contribution < 1.29 is 9.47 Å². The predicted octanol–water partition coefficient (Wildman–Crippen LogP) is 5.31. The quantitative estimate of drug-likeness (QED) is 0.379. The summed E-state index contributed by atoms with van der Waals surface area (Å²) in [6.07, 6.45) is 18.4. The van der Waals surface area contributed by atoms with Crippen LogP contribution in [0.5, 0.6) is 0 Å². The SMILES string of the molecule is COC1=CC(OCc2ccccn2)CC=C1/C=C/c1cc(/C=C/c2c[nH]c3ncccc23)[nH]n1. The molecule has 0 saturated heterocycles. The maximum Gasteiger partial charge on any atom is 0.137 e. The van der Waals surface area contributed by atoms with E-state index in [1.54, 1.807) is 19.5 Å². The molecule has 7 nitrogen and oxygen atoms in total. The Kier molecular flexibility index (Phi) is 6.45. The zero-order valence-electron chi connectivity index (χ0n) is 18.8. The Labute approximate surface area is 197 Å². The van der Waals surface area contributed by atoms with Crippen LogP contribution in [0, 0.1) is 0 Å². The zero-order chi connectivity index (χ0) is 23.2. The Hall–Kier alpha value is -4.23. The topological polar surface area (TPSA) is 88.7 Å². The molecule has 0 aliphatic heterocycles. The van der Waals surface area contributed by atoms with Crippen LogP contribution < -0.4 is 0 Å². The van der Waals surface area contributed by atoms with E-state index >= 15 is 0 Å². The molecule has 4 aromatic rings. The normalized spacial score (nSPS) is 16.3. The van der Waals surface area contributed by atoms with Crippen molar-refractivity contribution in [3.63, 3.8) is 0 Å². The molecule has 0 fully saturated rings. The van der Waals surface area contributed by atoms with Crippen LogP contribution in [0.1, 0.15) is 29.1 Å². The highest BCUT2D eigenvalue weighted by atomic mass is 16.5. The zero-order valence-corrected chi connectivity index (χ0v) is 18.8. The van der Waals surface area contributed by atoms with Gasteiger partial charge in [0.25, 0.3) is 0 Å². The molecular weight excluding hydrogens is 426 g/mol. The summed E-state index contributed by atoms with van der Waals surface area (Å²) in [5.74, 6) is 0.789. The summed E-state index contributed by atoms with van der Waals surface area (Å²) in [7, 11) is 1.67. The van der Waals surface area contributed by atoms with E-state index in [9.17, 15) is 0 Å². The minimum atomic E-state index is -0.0454. The van der Waals surface area contributed by atoms with E-state index in [-0.39, 0.29) is 6.10 Å². The highest BCUT2D eigenvalue weighted by Crippen LogP contribution is 2.24. The molecule has 0 amide bonds. The molecule has 5 rings (SSSR count). The van der Waals surface area contributed by atoms with Gasteiger partial charge in [0.2, 0.25) is 0 Å². The van der Waals surface area contributed by atoms with Crippen LogP contribution in [0.25, 0.3) is 29.3 Å². The standard InChI is InChI=1S/C27H25N5O2/c1-33-26-16-24(34-18-23-5-2-3-13-28-23)12-9-19(26)7-10-21-15-22(32-31-21)11-8-20-17-30-27-25(20)6-4-14-29-27/h2-11,13-17,24H,12,18H2,1H3,(H,29,30)(H,31,32)/b10-7+,11-8+. The highest BCUT2D eigenvalue weighted by Gasteiger charge is 2.16. The number of fused-ring (bicyclic) bond motifs is 1. The third-order valence-corrected chi connectivity index (χ3v) is 5.56. The number of nitrogens with zero attached hydrogens (tertiary/aromatic N) is 3. The van der Waals surface area contributed by atoms with Gasteiger partial charge in [-0.3, -0.25) is 10.1 Å². The number of rotatable bonds is 8. The monoisotopic (exact) mass is 451 g/mol. The minimum absolute atomic E-state index is 0.0454. The second-order valence-corrected chi connectivity index (χ2v) is 7.86. The molecule has 34 heavy (non-hydrogen) atoms. The number of methoxy groups -OCH3 is 1. The van der Waals surface area contributed by atoms with Gasteiger partial charge in [-0.2, -0.15) is 5.10 Å². The molecule has 1 atom stereocenters. The van der Waals surface area contributed by atoms with Crippen LogP contribution >= 0.6 is 0 Å². The molecular formula is C27H25N5O2. The molecule has 4 aromatic heterocycles.